The van der Waals surface area contributed by atoms with Gasteiger partial charge in [0.1, 0.15) is 11.9 Å². The topological polar surface area (TPSA) is 54.5 Å². The van der Waals surface area contributed by atoms with Gasteiger partial charge in [0.05, 0.1) is 29.9 Å². The Morgan fingerprint density at radius 3 is 2.92 bits per heavy atom. The number of halogens is 1. The molecule has 5 nitrogen and oxygen atoms in total. The number of hydrogen-bond donors (Lipinski definition) is 1. The highest BCUT2D eigenvalue weighted by molar-refractivity contribution is 7.09. The second-order valence-corrected chi connectivity index (χ2v) is 7.28. The van der Waals surface area contributed by atoms with E-state index in [0.717, 1.165) is 16.3 Å². The molecule has 0 bridgehead atoms. The Hall–Kier alpha value is -2.57. The molecule has 0 fully saturated rings. The number of anilines is 1. The smallest absolute Gasteiger partial charge is 0.258 e. The number of nitrogens with one attached hydrogen (secondary N) is 1. The number of hydrogen-bond acceptors (Lipinski definition) is 5. The zero-order valence-electron chi connectivity index (χ0n) is 14.0. The quantitative estimate of drug-likeness (QED) is 0.698. The molecular formula is C19H16ClN3O2S. The lowest BCUT2D eigenvalue weighted by atomic mass is 10.2. The number of aromatic nitrogens is 1. The molecule has 3 heterocycles. The maximum Gasteiger partial charge on any atom is 0.258 e. The lowest BCUT2D eigenvalue weighted by Crippen LogP contribution is -2.31. The fourth-order valence-electron chi connectivity index (χ4n) is 3.03. The molecule has 26 heavy (non-hydrogen) atoms. The standard InChI is InChI=1S/C19H16ClN3O2S/c1-25-16-7-6-12(10-15(16)20)22-18-17-14(5-2-8-21-17)19(24)23(18)11-13-4-3-9-26-13/h2-10,18,22H,11H2,1H3/t18-/m1/s1. The van der Waals surface area contributed by atoms with E-state index in [0.29, 0.717) is 22.9 Å². The molecule has 1 amide bonds. The Balaban J connectivity index is 1.68. The SMILES string of the molecule is COc1ccc(N[C@H]2c3ncccc3C(=O)N2Cc2cccs2)cc1Cl. The van der Waals surface area contributed by atoms with Gasteiger partial charge in [-0.2, -0.15) is 0 Å². The van der Waals surface area contributed by atoms with E-state index in [4.69, 9.17) is 16.3 Å². The highest BCUT2D eigenvalue weighted by atomic mass is 35.5. The molecule has 0 radical (unpaired) electrons. The van der Waals surface area contributed by atoms with Crippen molar-refractivity contribution >= 4 is 34.5 Å². The number of nitrogens with zero attached hydrogens (tertiary/aromatic N) is 2. The van der Waals surface area contributed by atoms with Gasteiger partial charge in [-0.1, -0.05) is 17.7 Å². The number of ether oxygens (including phenoxy) is 1. The largest absolute Gasteiger partial charge is 0.495 e. The Kier molecular flexibility index (Phi) is 4.53. The van der Waals surface area contributed by atoms with E-state index in [2.05, 4.69) is 10.3 Å². The van der Waals surface area contributed by atoms with Gasteiger partial charge in [0.15, 0.2) is 0 Å². The van der Waals surface area contributed by atoms with Gasteiger partial charge in [-0.25, -0.2) is 0 Å². The summed E-state index contributed by atoms with van der Waals surface area (Å²) in [6, 6.07) is 13.1. The van der Waals surface area contributed by atoms with Gasteiger partial charge in [-0.05, 0) is 41.8 Å². The lowest BCUT2D eigenvalue weighted by Gasteiger charge is -2.26. The molecule has 1 aliphatic rings. The van der Waals surface area contributed by atoms with E-state index in [9.17, 15) is 4.79 Å². The lowest BCUT2D eigenvalue weighted by molar-refractivity contribution is 0.0729. The summed E-state index contributed by atoms with van der Waals surface area (Å²) in [7, 11) is 1.58. The Morgan fingerprint density at radius 1 is 1.31 bits per heavy atom. The zero-order chi connectivity index (χ0) is 18.1. The van der Waals surface area contributed by atoms with E-state index < -0.39 is 0 Å². The minimum atomic E-state index is -0.356. The first kappa shape index (κ1) is 16.9. The second kappa shape index (κ2) is 6.97. The van der Waals surface area contributed by atoms with Gasteiger partial charge < -0.3 is 15.0 Å². The predicted octanol–water partition coefficient (Wildman–Crippen LogP) is 4.57. The summed E-state index contributed by atoms with van der Waals surface area (Å²) in [6.07, 6.45) is 1.35. The molecular weight excluding hydrogens is 370 g/mol. The number of carbonyl (C=O) groups excluding carboxylic acids is 1. The van der Waals surface area contributed by atoms with Crippen LogP contribution in [0.15, 0.2) is 54.0 Å². The monoisotopic (exact) mass is 385 g/mol. The molecule has 7 heteroatoms. The van der Waals surface area contributed by atoms with Crippen molar-refractivity contribution in [3.63, 3.8) is 0 Å². The fourth-order valence-corrected chi connectivity index (χ4v) is 3.99. The number of fused-ring (bicyclic) bond motifs is 1. The highest BCUT2D eigenvalue weighted by Gasteiger charge is 2.38. The number of carbonyl (C=O) groups is 1. The van der Waals surface area contributed by atoms with Crippen molar-refractivity contribution in [2.24, 2.45) is 0 Å². The van der Waals surface area contributed by atoms with E-state index >= 15 is 0 Å². The molecule has 0 saturated heterocycles. The Labute approximate surface area is 160 Å². The third kappa shape index (κ3) is 3.02. The van der Waals surface area contributed by atoms with E-state index in [1.165, 1.54) is 0 Å². The summed E-state index contributed by atoms with van der Waals surface area (Å²) in [4.78, 5) is 20.2. The van der Waals surface area contributed by atoms with Crippen molar-refractivity contribution in [3.05, 3.63) is 75.2 Å². The molecule has 0 saturated carbocycles. The summed E-state index contributed by atoms with van der Waals surface area (Å²) in [5.41, 5.74) is 2.14. The van der Waals surface area contributed by atoms with Crippen LogP contribution in [0.25, 0.3) is 0 Å². The first-order chi connectivity index (χ1) is 12.7. The van der Waals surface area contributed by atoms with Crippen molar-refractivity contribution < 1.29 is 9.53 Å². The van der Waals surface area contributed by atoms with Gasteiger partial charge in [0.2, 0.25) is 0 Å². The van der Waals surface area contributed by atoms with Gasteiger partial charge in [0.25, 0.3) is 5.91 Å². The fraction of sp³-hybridized carbons (Fsp3) is 0.158. The predicted molar refractivity (Wildman–Crippen MR) is 103 cm³/mol. The van der Waals surface area contributed by atoms with Gasteiger partial charge in [0, 0.05) is 16.8 Å². The van der Waals surface area contributed by atoms with Crippen molar-refractivity contribution in [3.8, 4) is 5.75 Å². The molecule has 0 unspecified atom stereocenters. The third-order valence-corrected chi connectivity index (χ3v) is 5.42. The minimum Gasteiger partial charge on any atom is -0.495 e. The Morgan fingerprint density at radius 2 is 2.19 bits per heavy atom. The molecule has 4 rings (SSSR count). The van der Waals surface area contributed by atoms with Crippen molar-refractivity contribution in [2.45, 2.75) is 12.7 Å². The van der Waals surface area contributed by atoms with Crippen LogP contribution in [0.2, 0.25) is 5.02 Å². The number of thiophene rings is 1. The van der Waals surface area contributed by atoms with Crippen LogP contribution in [0.1, 0.15) is 27.1 Å². The number of benzene rings is 1. The molecule has 1 aromatic carbocycles. The second-order valence-electron chi connectivity index (χ2n) is 5.84. The maximum absolute atomic E-state index is 12.9. The molecule has 0 aliphatic carbocycles. The summed E-state index contributed by atoms with van der Waals surface area (Å²) in [6.45, 7) is 0.522. The van der Waals surface area contributed by atoms with Crippen LogP contribution in [-0.2, 0) is 6.54 Å². The zero-order valence-corrected chi connectivity index (χ0v) is 15.6. The molecule has 1 aliphatic heterocycles. The summed E-state index contributed by atoms with van der Waals surface area (Å²) in [5.74, 6) is 0.576. The normalized spacial score (nSPS) is 15.8. The molecule has 1 atom stereocenters. The van der Waals surface area contributed by atoms with E-state index in [1.807, 2.05) is 29.6 Å². The van der Waals surface area contributed by atoms with E-state index in [1.54, 1.807) is 47.7 Å². The van der Waals surface area contributed by atoms with Crippen molar-refractivity contribution in [2.75, 3.05) is 12.4 Å². The summed E-state index contributed by atoms with van der Waals surface area (Å²) in [5, 5.41) is 5.90. The third-order valence-electron chi connectivity index (χ3n) is 4.26. The molecule has 132 valence electrons. The van der Waals surface area contributed by atoms with Gasteiger partial charge in [-0.3, -0.25) is 9.78 Å². The average molecular weight is 386 g/mol. The van der Waals surface area contributed by atoms with E-state index in [-0.39, 0.29) is 12.1 Å². The van der Waals surface area contributed by atoms with Crippen LogP contribution in [-0.4, -0.2) is 22.9 Å². The first-order valence-electron chi connectivity index (χ1n) is 8.05. The summed E-state index contributed by atoms with van der Waals surface area (Å²) < 4.78 is 5.20. The minimum absolute atomic E-state index is 0.0291. The molecule has 1 N–H and O–H groups in total. The number of amides is 1. The number of rotatable bonds is 5. The van der Waals surface area contributed by atoms with Crippen LogP contribution in [0.3, 0.4) is 0 Å². The molecule has 3 aromatic rings. The van der Waals surface area contributed by atoms with Crippen molar-refractivity contribution in [1.82, 2.24) is 9.88 Å². The summed E-state index contributed by atoms with van der Waals surface area (Å²) >= 11 is 7.86. The molecule has 0 spiro atoms. The highest BCUT2D eigenvalue weighted by Crippen LogP contribution is 2.36. The van der Waals surface area contributed by atoms with Crippen molar-refractivity contribution in [1.29, 1.82) is 0 Å². The molecule has 2 aromatic heterocycles. The van der Waals surface area contributed by atoms with Crippen LogP contribution in [0, 0.1) is 0 Å². The van der Waals surface area contributed by atoms with Crippen LogP contribution in [0.5, 0.6) is 5.75 Å². The average Bonchev–Trinajstić information content (AvgIpc) is 3.25. The Bertz CT molecular complexity index is 946. The first-order valence-corrected chi connectivity index (χ1v) is 9.31. The number of pyridine rings is 1. The van der Waals surface area contributed by atoms with Crippen LogP contribution < -0.4 is 10.1 Å². The van der Waals surface area contributed by atoms with Crippen LogP contribution >= 0.6 is 22.9 Å². The van der Waals surface area contributed by atoms with Gasteiger partial charge in [-0.15, -0.1) is 11.3 Å². The van der Waals surface area contributed by atoms with Gasteiger partial charge >= 0.3 is 0 Å². The van der Waals surface area contributed by atoms with Crippen LogP contribution in [0.4, 0.5) is 5.69 Å². The maximum atomic E-state index is 12.9. The number of methoxy groups -OCH3 is 1.